The lowest BCUT2D eigenvalue weighted by molar-refractivity contribution is 0.465. The molecular formula is C19H18Cl2FN7O. The average molecular weight is 450 g/mol. The maximum Gasteiger partial charge on any atom is 0.268 e. The molecule has 30 heavy (non-hydrogen) atoms. The second kappa shape index (κ2) is 7.98. The minimum absolute atomic E-state index is 0.0246. The Kier molecular flexibility index (Phi) is 5.18. The maximum absolute atomic E-state index is 13.9. The monoisotopic (exact) mass is 449 g/mol. The second-order valence-electron chi connectivity index (χ2n) is 7.27. The zero-order chi connectivity index (χ0) is 20.7. The fraction of sp³-hybridized carbons (Fsp3) is 0.368. The topological polar surface area (TPSA) is 92.0 Å². The van der Waals surface area contributed by atoms with E-state index in [0.717, 1.165) is 25.2 Å². The molecule has 0 radical (unpaired) electrons. The van der Waals surface area contributed by atoms with Crippen molar-refractivity contribution in [1.82, 2.24) is 25.7 Å². The fourth-order valence-corrected chi connectivity index (χ4v) is 4.21. The number of anilines is 2. The van der Waals surface area contributed by atoms with Crippen LogP contribution in [-0.2, 0) is 6.54 Å². The van der Waals surface area contributed by atoms with Crippen LogP contribution >= 0.6 is 23.2 Å². The molecule has 4 heterocycles. The number of halogens is 3. The molecule has 5 rings (SSSR count). The summed E-state index contributed by atoms with van der Waals surface area (Å²) < 4.78 is 19.8. The van der Waals surface area contributed by atoms with Crippen LogP contribution in [0.2, 0.25) is 10.0 Å². The zero-order valence-electron chi connectivity index (χ0n) is 15.8. The summed E-state index contributed by atoms with van der Waals surface area (Å²) >= 11 is 12.4. The second-order valence-corrected chi connectivity index (χ2v) is 8.05. The van der Waals surface area contributed by atoms with E-state index in [2.05, 4.69) is 31.0 Å². The van der Waals surface area contributed by atoms with Gasteiger partial charge in [-0.05, 0) is 31.2 Å². The van der Waals surface area contributed by atoms with Crippen LogP contribution in [0.5, 0.6) is 0 Å². The Balaban J connectivity index is 1.46. The lowest BCUT2D eigenvalue weighted by Gasteiger charge is -2.31. The van der Waals surface area contributed by atoms with Gasteiger partial charge in [-0.15, -0.1) is 20.4 Å². The molecule has 2 aliphatic rings. The molecule has 11 heteroatoms. The highest BCUT2D eigenvalue weighted by molar-refractivity contribution is 6.36. The van der Waals surface area contributed by atoms with Crippen molar-refractivity contribution in [3.8, 4) is 11.6 Å². The Labute approximate surface area is 181 Å². The first-order valence-electron chi connectivity index (χ1n) is 9.63. The summed E-state index contributed by atoms with van der Waals surface area (Å²) in [4.78, 5) is 2.02. The van der Waals surface area contributed by atoms with Gasteiger partial charge in [0.05, 0.1) is 16.6 Å². The van der Waals surface area contributed by atoms with Gasteiger partial charge in [-0.25, -0.2) is 4.39 Å². The molecule has 1 saturated heterocycles. The van der Waals surface area contributed by atoms with Crippen LogP contribution in [0, 0.1) is 5.82 Å². The van der Waals surface area contributed by atoms with E-state index in [9.17, 15) is 4.39 Å². The largest absolute Gasteiger partial charge is 0.419 e. The summed E-state index contributed by atoms with van der Waals surface area (Å²) in [5.41, 5.74) is 1.78. The maximum atomic E-state index is 13.9. The van der Waals surface area contributed by atoms with Gasteiger partial charge in [0.1, 0.15) is 5.82 Å². The van der Waals surface area contributed by atoms with Crippen molar-refractivity contribution in [1.29, 1.82) is 0 Å². The van der Waals surface area contributed by atoms with Gasteiger partial charge in [0, 0.05) is 36.8 Å². The molecule has 1 unspecified atom stereocenters. The van der Waals surface area contributed by atoms with Crippen LogP contribution in [0.3, 0.4) is 0 Å². The number of hydrogen-bond donors (Lipinski definition) is 2. The van der Waals surface area contributed by atoms with Crippen LogP contribution in [0.1, 0.15) is 23.8 Å². The summed E-state index contributed by atoms with van der Waals surface area (Å²) in [5.74, 6) is 1.25. The molecule has 0 bridgehead atoms. The molecule has 2 aliphatic heterocycles. The molecule has 1 fully saturated rings. The van der Waals surface area contributed by atoms with Gasteiger partial charge in [-0.1, -0.05) is 23.2 Å². The Hall–Kier alpha value is -2.49. The highest BCUT2D eigenvalue weighted by Crippen LogP contribution is 2.35. The molecule has 2 N–H and O–H groups in total. The van der Waals surface area contributed by atoms with Gasteiger partial charge in [-0.3, -0.25) is 0 Å². The van der Waals surface area contributed by atoms with E-state index in [1.165, 1.54) is 12.1 Å². The molecule has 0 amide bonds. The van der Waals surface area contributed by atoms with Crippen molar-refractivity contribution >= 4 is 34.7 Å². The number of nitrogens with zero attached hydrogens (tertiary/aromatic N) is 5. The molecular weight excluding hydrogens is 432 g/mol. The Morgan fingerprint density at radius 3 is 2.90 bits per heavy atom. The number of rotatable bonds is 4. The van der Waals surface area contributed by atoms with Crippen LogP contribution in [0.15, 0.2) is 22.6 Å². The highest BCUT2D eigenvalue weighted by atomic mass is 35.5. The first-order chi connectivity index (χ1) is 14.6. The third-order valence-electron chi connectivity index (χ3n) is 5.35. The fourth-order valence-electron chi connectivity index (χ4n) is 3.72. The van der Waals surface area contributed by atoms with Crippen LogP contribution in [0.4, 0.5) is 15.9 Å². The number of fused-ring (bicyclic) bond motifs is 1. The number of hydrogen-bond acceptors (Lipinski definition) is 8. The van der Waals surface area contributed by atoms with Gasteiger partial charge in [0.25, 0.3) is 5.89 Å². The molecule has 1 atom stereocenters. The summed E-state index contributed by atoms with van der Waals surface area (Å²) in [6.45, 7) is 3.41. The van der Waals surface area contributed by atoms with Crippen molar-refractivity contribution < 1.29 is 8.81 Å². The van der Waals surface area contributed by atoms with Crippen molar-refractivity contribution in [2.45, 2.75) is 18.9 Å². The quantitative estimate of drug-likeness (QED) is 0.584. The van der Waals surface area contributed by atoms with Gasteiger partial charge in [0.15, 0.2) is 11.5 Å². The zero-order valence-corrected chi connectivity index (χ0v) is 17.3. The van der Waals surface area contributed by atoms with E-state index in [1.807, 2.05) is 11.0 Å². The first-order valence-corrected chi connectivity index (χ1v) is 10.4. The third kappa shape index (κ3) is 3.57. The summed E-state index contributed by atoms with van der Waals surface area (Å²) in [5, 5.41) is 23.8. The van der Waals surface area contributed by atoms with Gasteiger partial charge in [-0.2, -0.15) is 0 Å². The highest BCUT2D eigenvalue weighted by Gasteiger charge is 2.26. The SMILES string of the molecule is Fc1ccc(Cl)c(CN2CCNc3nnc(-c4nnc(C5CCNC5)o4)cc32)c1Cl. The van der Waals surface area contributed by atoms with Crippen LogP contribution in [-0.4, -0.2) is 46.6 Å². The molecule has 1 aromatic carbocycles. The van der Waals surface area contributed by atoms with Crippen molar-refractivity contribution in [3.63, 3.8) is 0 Å². The molecule has 3 aromatic rings. The van der Waals surface area contributed by atoms with Gasteiger partial charge < -0.3 is 20.0 Å². The predicted octanol–water partition coefficient (Wildman–Crippen LogP) is 3.48. The molecule has 0 spiro atoms. The number of benzene rings is 1. The Morgan fingerprint density at radius 1 is 1.17 bits per heavy atom. The standard InChI is InChI=1S/C19H18Cl2FN7O/c20-12-1-2-13(22)16(21)11(12)9-29-6-5-24-17-15(29)7-14(25-26-17)19-28-27-18(30-19)10-3-4-23-8-10/h1-2,7,10,23H,3-6,8-9H2,(H,24,26). The number of aromatic nitrogens is 4. The normalized spacial score (nSPS) is 18.4. The van der Waals surface area contributed by atoms with Crippen molar-refractivity contribution in [2.75, 3.05) is 36.4 Å². The van der Waals surface area contributed by atoms with E-state index < -0.39 is 5.82 Å². The van der Waals surface area contributed by atoms with Crippen LogP contribution in [0.25, 0.3) is 11.6 Å². The van der Waals surface area contributed by atoms with E-state index in [4.69, 9.17) is 27.6 Å². The van der Waals surface area contributed by atoms with E-state index >= 15 is 0 Å². The molecule has 0 saturated carbocycles. The Morgan fingerprint density at radius 2 is 2.07 bits per heavy atom. The van der Waals surface area contributed by atoms with Gasteiger partial charge in [0.2, 0.25) is 5.89 Å². The lowest BCUT2D eigenvalue weighted by Crippen LogP contribution is -2.34. The summed E-state index contributed by atoms with van der Waals surface area (Å²) in [6, 6.07) is 4.60. The predicted molar refractivity (Wildman–Crippen MR) is 112 cm³/mol. The average Bonchev–Trinajstić information content (AvgIpc) is 3.45. The summed E-state index contributed by atoms with van der Waals surface area (Å²) in [7, 11) is 0. The smallest absolute Gasteiger partial charge is 0.268 e. The van der Waals surface area contributed by atoms with Gasteiger partial charge >= 0.3 is 0 Å². The van der Waals surface area contributed by atoms with Crippen LogP contribution < -0.4 is 15.5 Å². The lowest BCUT2D eigenvalue weighted by atomic mass is 10.1. The minimum Gasteiger partial charge on any atom is -0.419 e. The van der Waals surface area contributed by atoms with E-state index in [-0.39, 0.29) is 10.9 Å². The van der Waals surface area contributed by atoms with Crippen molar-refractivity contribution in [2.24, 2.45) is 0 Å². The van der Waals surface area contributed by atoms with E-state index in [1.54, 1.807) is 0 Å². The number of nitrogens with one attached hydrogen (secondary N) is 2. The Bertz CT molecular complexity index is 1090. The molecule has 2 aromatic heterocycles. The molecule has 0 aliphatic carbocycles. The first kappa shape index (κ1) is 19.5. The summed E-state index contributed by atoms with van der Waals surface area (Å²) in [6.07, 6.45) is 0.963. The molecule has 156 valence electrons. The van der Waals surface area contributed by atoms with E-state index in [0.29, 0.717) is 53.5 Å². The van der Waals surface area contributed by atoms with Crippen molar-refractivity contribution in [3.05, 3.63) is 45.5 Å². The third-order valence-corrected chi connectivity index (χ3v) is 6.11. The molecule has 8 nitrogen and oxygen atoms in total. The minimum atomic E-state index is -0.500.